The van der Waals surface area contributed by atoms with Crippen LogP contribution in [0.4, 0.5) is 0 Å². The predicted octanol–water partition coefficient (Wildman–Crippen LogP) is 0.621. The lowest BCUT2D eigenvalue weighted by Crippen LogP contribution is -2.49. The van der Waals surface area contributed by atoms with Gasteiger partial charge >= 0.3 is 0 Å². The summed E-state index contributed by atoms with van der Waals surface area (Å²) in [6.07, 6.45) is 1.18. The molecule has 1 heterocycles. The van der Waals surface area contributed by atoms with Gasteiger partial charge in [0.25, 0.3) is 5.91 Å². The Labute approximate surface area is 150 Å². The highest BCUT2D eigenvalue weighted by Gasteiger charge is 2.20. The summed E-state index contributed by atoms with van der Waals surface area (Å²) in [7, 11) is -1.66. The van der Waals surface area contributed by atoms with Crippen molar-refractivity contribution in [3.05, 3.63) is 29.8 Å². The highest BCUT2D eigenvalue weighted by atomic mass is 32.2. The number of sulfonamides is 1. The first-order valence-electron chi connectivity index (χ1n) is 8.42. The first-order chi connectivity index (χ1) is 11.8. The molecule has 25 heavy (non-hydrogen) atoms. The van der Waals surface area contributed by atoms with Gasteiger partial charge in [-0.1, -0.05) is 19.1 Å². The average molecular weight is 369 g/mol. The summed E-state index contributed by atoms with van der Waals surface area (Å²) < 4.78 is 29.7. The zero-order chi connectivity index (χ0) is 18.4. The van der Waals surface area contributed by atoms with E-state index in [4.69, 9.17) is 4.74 Å². The second-order valence-corrected chi connectivity index (χ2v) is 8.36. The number of rotatable bonds is 7. The number of amides is 1. The molecule has 140 valence electrons. The van der Waals surface area contributed by atoms with Gasteiger partial charge < -0.3 is 14.5 Å². The van der Waals surface area contributed by atoms with Crippen LogP contribution in [0.15, 0.2) is 24.3 Å². The fourth-order valence-electron chi connectivity index (χ4n) is 2.62. The fourth-order valence-corrected chi connectivity index (χ4v) is 3.00. The summed E-state index contributed by atoms with van der Waals surface area (Å²) in [5.74, 6) is 0.600. The van der Waals surface area contributed by atoms with Gasteiger partial charge in [-0.25, -0.2) is 12.7 Å². The summed E-state index contributed by atoms with van der Waals surface area (Å²) in [5.41, 5.74) is 0.863. The molecule has 1 aliphatic rings. The molecule has 1 aliphatic heterocycles. The van der Waals surface area contributed by atoms with Crippen LogP contribution in [0.3, 0.4) is 0 Å². The largest absolute Gasteiger partial charge is 0.484 e. The third-order valence-corrected chi connectivity index (χ3v) is 5.69. The maximum absolute atomic E-state index is 12.2. The molecule has 1 saturated heterocycles. The molecule has 0 N–H and O–H groups in total. The van der Waals surface area contributed by atoms with E-state index in [1.165, 1.54) is 17.6 Å². The smallest absolute Gasteiger partial charge is 0.260 e. The quantitative estimate of drug-likeness (QED) is 0.705. The first-order valence-corrected chi connectivity index (χ1v) is 10.3. The number of carbonyl (C=O) groups is 1. The number of hydrogen-bond acceptors (Lipinski definition) is 5. The minimum absolute atomic E-state index is 0.00311. The van der Waals surface area contributed by atoms with E-state index in [1.807, 2.05) is 17.0 Å². The number of ether oxygens (including phenoxy) is 1. The number of piperazine rings is 1. The van der Waals surface area contributed by atoms with Crippen molar-refractivity contribution in [2.75, 3.05) is 52.6 Å². The Hall–Kier alpha value is -1.64. The zero-order valence-electron chi connectivity index (χ0n) is 15.1. The van der Waals surface area contributed by atoms with Gasteiger partial charge in [-0.15, -0.1) is 0 Å². The van der Waals surface area contributed by atoms with E-state index in [0.717, 1.165) is 38.3 Å². The molecule has 1 amide bonds. The first kappa shape index (κ1) is 19.7. The van der Waals surface area contributed by atoms with Crippen molar-refractivity contribution in [3.8, 4) is 5.75 Å². The monoisotopic (exact) mass is 369 g/mol. The fraction of sp³-hybridized carbons (Fsp3) is 0.588. The molecule has 0 atom stereocenters. The molecule has 7 nitrogen and oxygen atoms in total. The van der Waals surface area contributed by atoms with Gasteiger partial charge in [-0.05, 0) is 24.2 Å². The van der Waals surface area contributed by atoms with Gasteiger partial charge in [0.15, 0.2) is 6.61 Å². The Morgan fingerprint density at radius 2 is 1.76 bits per heavy atom. The van der Waals surface area contributed by atoms with Crippen LogP contribution in [0.5, 0.6) is 5.75 Å². The van der Waals surface area contributed by atoms with Crippen LogP contribution in [0.25, 0.3) is 0 Å². The summed E-state index contributed by atoms with van der Waals surface area (Å²) in [6.45, 7) is 6.76. The molecular weight excluding hydrogens is 342 g/mol. The maximum atomic E-state index is 12.2. The zero-order valence-corrected chi connectivity index (χ0v) is 16.0. The van der Waals surface area contributed by atoms with Crippen LogP contribution in [-0.4, -0.2) is 81.1 Å². The second kappa shape index (κ2) is 8.64. The second-order valence-electron chi connectivity index (χ2n) is 6.27. The Balaban J connectivity index is 1.80. The van der Waals surface area contributed by atoms with Crippen LogP contribution in [0.2, 0.25) is 0 Å². The third kappa shape index (κ3) is 5.98. The summed E-state index contributed by atoms with van der Waals surface area (Å²) in [5, 5.41) is 0. The maximum Gasteiger partial charge on any atom is 0.260 e. The molecule has 0 unspecified atom stereocenters. The number of likely N-dealkylation sites (N-methyl/N-ethyl adjacent to an activating group) is 1. The highest BCUT2D eigenvalue weighted by molar-refractivity contribution is 7.88. The molecule has 0 aromatic heterocycles. The van der Waals surface area contributed by atoms with Crippen molar-refractivity contribution in [1.29, 1.82) is 0 Å². The Morgan fingerprint density at radius 1 is 1.16 bits per heavy atom. The molecule has 0 radical (unpaired) electrons. The molecule has 0 saturated carbocycles. The van der Waals surface area contributed by atoms with Crippen molar-refractivity contribution >= 4 is 15.9 Å². The van der Waals surface area contributed by atoms with E-state index in [-0.39, 0.29) is 12.5 Å². The van der Waals surface area contributed by atoms with Crippen LogP contribution in [0.1, 0.15) is 12.5 Å². The Kier molecular flexibility index (Phi) is 6.80. The molecule has 1 aromatic rings. The minimum Gasteiger partial charge on any atom is -0.484 e. The molecule has 8 heteroatoms. The molecule has 1 fully saturated rings. The predicted molar refractivity (Wildman–Crippen MR) is 96.9 cm³/mol. The van der Waals surface area contributed by atoms with Crippen molar-refractivity contribution < 1.29 is 17.9 Å². The van der Waals surface area contributed by atoms with E-state index >= 15 is 0 Å². The van der Waals surface area contributed by atoms with Crippen LogP contribution >= 0.6 is 0 Å². The molecule has 1 aromatic carbocycles. The summed E-state index contributed by atoms with van der Waals surface area (Å²) in [4.78, 5) is 16.3. The number of hydrogen-bond donors (Lipinski definition) is 0. The molecular formula is C17H27N3O4S. The van der Waals surface area contributed by atoms with Crippen LogP contribution in [0, 0.1) is 0 Å². The number of nitrogens with zero attached hydrogens (tertiary/aromatic N) is 3. The Bertz CT molecular complexity index is 668. The molecule has 0 bridgehead atoms. The molecule has 0 aliphatic carbocycles. The lowest BCUT2D eigenvalue weighted by atomic mass is 10.2. The summed E-state index contributed by atoms with van der Waals surface area (Å²) >= 11 is 0. The minimum atomic E-state index is -3.20. The van der Waals surface area contributed by atoms with Gasteiger partial charge in [0.05, 0.1) is 6.26 Å². The van der Waals surface area contributed by atoms with Crippen molar-refractivity contribution in [2.24, 2.45) is 0 Å². The van der Waals surface area contributed by atoms with Crippen molar-refractivity contribution in [2.45, 2.75) is 13.5 Å². The van der Waals surface area contributed by atoms with E-state index in [2.05, 4.69) is 11.8 Å². The van der Waals surface area contributed by atoms with Gasteiger partial charge in [0.1, 0.15) is 5.75 Å². The van der Waals surface area contributed by atoms with Crippen LogP contribution < -0.4 is 4.74 Å². The summed E-state index contributed by atoms with van der Waals surface area (Å²) in [6, 6.07) is 7.13. The SMILES string of the molecule is CCN1CCN(C(=O)COc2ccc(CN(C)S(C)(=O)=O)cc2)CC1. The van der Waals surface area contributed by atoms with E-state index in [0.29, 0.717) is 12.3 Å². The molecule has 0 spiro atoms. The normalized spacial score (nSPS) is 16.2. The van der Waals surface area contributed by atoms with Gasteiger partial charge in [-0.2, -0.15) is 0 Å². The third-order valence-electron chi connectivity index (χ3n) is 4.43. The lowest BCUT2D eigenvalue weighted by Gasteiger charge is -2.33. The standard InChI is InChI=1S/C17H27N3O4S/c1-4-19-9-11-20(12-10-19)17(21)14-24-16-7-5-15(6-8-16)13-18(2)25(3,22)23/h5-8H,4,9-14H2,1-3H3. The topological polar surface area (TPSA) is 70.2 Å². The van der Waals surface area contributed by atoms with E-state index < -0.39 is 10.0 Å². The van der Waals surface area contributed by atoms with Crippen molar-refractivity contribution in [3.63, 3.8) is 0 Å². The lowest BCUT2D eigenvalue weighted by molar-refractivity contribution is -0.135. The number of benzene rings is 1. The highest BCUT2D eigenvalue weighted by Crippen LogP contribution is 2.14. The van der Waals surface area contributed by atoms with E-state index in [1.54, 1.807) is 12.1 Å². The Morgan fingerprint density at radius 3 is 2.28 bits per heavy atom. The van der Waals surface area contributed by atoms with Crippen LogP contribution in [-0.2, 0) is 21.4 Å². The number of carbonyl (C=O) groups excluding carboxylic acids is 1. The van der Waals surface area contributed by atoms with E-state index in [9.17, 15) is 13.2 Å². The van der Waals surface area contributed by atoms with Crippen molar-refractivity contribution in [1.82, 2.24) is 14.1 Å². The van der Waals surface area contributed by atoms with Gasteiger partial charge in [-0.3, -0.25) is 4.79 Å². The average Bonchev–Trinajstić information content (AvgIpc) is 2.60. The van der Waals surface area contributed by atoms with Gasteiger partial charge in [0, 0.05) is 39.8 Å². The molecule has 2 rings (SSSR count). The van der Waals surface area contributed by atoms with Gasteiger partial charge in [0.2, 0.25) is 10.0 Å².